The second-order valence-corrected chi connectivity index (χ2v) is 18.1. The van der Waals surface area contributed by atoms with E-state index in [9.17, 15) is 14.4 Å². The molecule has 0 bridgehead atoms. The van der Waals surface area contributed by atoms with Gasteiger partial charge in [0.1, 0.15) is 13.2 Å². The molecule has 0 aromatic rings. The molecule has 1 unspecified atom stereocenters. The van der Waals surface area contributed by atoms with E-state index in [0.29, 0.717) is 19.3 Å². The summed E-state index contributed by atoms with van der Waals surface area (Å²) in [6.07, 6.45) is 72.7. The van der Waals surface area contributed by atoms with Crippen LogP contribution in [0.3, 0.4) is 0 Å². The van der Waals surface area contributed by atoms with E-state index in [2.05, 4.69) is 118 Å². The zero-order valence-electron chi connectivity index (χ0n) is 43.6. The number of hydrogen-bond acceptors (Lipinski definition) is 6. The van der Waals surface area contributed by atoms with Gasteiger partial charge in [-0.25, -0.2) is 0 Å². The van der Waals surface area contributed by atoms with E-state index in [-0.39, 0.29) is 31.1 Å². The standard InChI is InChI=1S/C61H102O6/c1-4-7-10-13-16-18-20-22-24-26-28-29-30-31-33-34-36-38-40-42-45-48-51-54-60(63)66-57-58(56-65-59(62)53-50-47-44-15-12-9-6-3)67-61(64)55-52-49-46-43-41-39-37-35-32-27-25-23-21-19-17-14-11-8-5-2/h7-8,10-11,16-19,22-25,28-29,32,35,58H,4-6,9,12-15,20-21,26-27,30-31,33-34,36-57H2,1-3H3/b10-7-,11-8-,18-16-,19-17-,24-22-,25-23-,29-28-,35-32-. The summed E-state index contributed by atoms with van der Waals surface area (Å²) in [5.41, 5.74) is 0. The maximum Gasteiger partial charge on any atom is 0.306 e. The molecule has 0 fully saturated rings. The SMILES string of the molecule is CC/C=C\C/C=C\C/C=C\C/C=C\CCCCCCCCCCCCC(=O)OCC(COC(=O)CCCCCCCCC)OC(=O)CCCCCCCC/C=C\C/C=C\C/C=C\C/C=C\CC. The Hall–Kier alpha value is -3.67. The number of carbonyl (C=O) groups is 3. The molecule has 0 saturated carbocycles. The van der Waals surface area contributed by atoms with Crippen LogP contribution in [0.4, 0.5) is 0 Å². The fourth-order valence-electron chi connectivity index (χ4n) is 7.48. The average molecular weight is 931 g/mol. The molecule has 0 saturated heterocycles. The van der Waals surface area contributed by atoms with Crippen molar-refractivity contribution in [1.82, 2.24) is 0 Å². The molecule has 0 aliphatic heterocycles. The molecular formula is C61H102O6. The van der Waals surface area contributed by atoms with Crippen LogP contribution in [-0.4, -0.2) is 37.2 Å². The topological polar surface area (TPSA) is 78.9 Å². The lowest BCUT2D eigenvalue weighted by Gasteiger charge is -2.18. The zero-order valence-corrected chi connectivity index (χ0v) is 43.6. The molecule has 0 aliphatic rings. The highest BCUT2D eigenvalue weighted by Gasteiger charge is 2.19. The van der Waals surface area contributed by atoms with Crippen molar-refractivity contribution < 1.29 is 28.6 Å². The molecule has 382 valence electrons. The van der Waals surface area contributed by atoms with E-state index < -0.39 is 6.10 Å². The highest BCUT2D eigenvalue weighted by molar-refractivity contribution is 5.71. The summed E-state index contributed by atoms with van der Waals surface area (Å²) < 4.78 is 16.8. The molecule has 0 N–H and O–H groups in total. The quantitative estimate of drug-likeness (QED) is 0.0262. The maximum absolute atomic E-state index is 12.8. The Kier molecular flexibility index (Phi) is 51.9. The molecule has 0 radical (unpaired) electrons. The van der Waals surface area contributed by atoms with Gasteiger partial charge in [-0.15, -0.1) is 0 Å². The average Bonchev–Trinajstić information content (AvgIpc) is 3.33. The predicted octanol–water partition coefficient (Wildman–Crippen LogP) is 18.5. The van der Waals surface area contributed by atoms with E-state index in [1.54, 1.807) is 0 Å². The van der Waals surface area contributed by atoms with Crippen LogP contribution in [-0.2, 0) is 28.6 Å². The number of rotatable bonds is 49. The maximum atomic E-state index is 12.8. The highest BCUT2D eigenvalue weighted by atomic mass is 16.6. The lowest BCUT2D eigenvalue weighted by atomic mass is 10.1. The third kappa shape index (κ3) is 53.2. The fraction of sp³-hybridized carbons (Fsp3) is 0.689. The molecule has 0 aromatic heterocycles. The Morgan fingerprint density at radius 1 is 0.313 bits per heavy atom. The Bertz CT molecular complexity index is 1350. The Balaban J connectivity index is 4.24. The third-order valence-corrected chi connectivity index (χ3v) is 11.6. The van der Waals surface area contributed by atoms with Crippen LogP contribution in [0.2, 0.25) is 0 Å². The molecule has 0 amide bonds. The van der Waals surface area contributed by atoms with Crippen molar-refractivity contribution in [3.63, 3.8) is 0 Å². The molecule has 0 spiro atoms. The number of ether oxygens (including phenoxy) is 3. The summed E-state index contributed by atoms with van der Waals surface area (Å²) in [4.78, 5) is 37.9. The number of esters is 3. The minimum absolute atomic E-state index is 0.0844. The molecule has 0 rings (SSSR count). The lowest BCUT2D eigenvalue weighted by molar-refractivity contribution is -0.167. The van der Waals surface area contributed by atoms with Gasteiger partial charge >= 0.3 is 17.9 Å². The summed E-state index contributed by atoms with van der Waals surface area (Å²) in [5, 5.41) is 0. The summed E-state index contributed by atoms with van der Waals surface area (Å²) in [5.74, 6) is -0.909. The predicted molar refractivity (Wildman–Crippen MR) is 288 cm³/mol. The van der Waals surface area contributed by atoms with Gasteiger partial charge in [-0.05, 0) is 96.3 Å². The van der Waals surface area contributed by atoms with Gasteiger partial charge in [-0.2, -0.15) is 0 Å². The van der Waals surface area contributed by atoms with Gasteiger partial charge in [0, 0.05) is 19.3 Å². The van der Waals surface area contributed by atoms with Crippen molar-refractivity contribution in [1.29, 1.82) is 0 Å². The van der Waals surface area contributed by atoms with Crippen molar-refractivity contribution in [2.24, 2.45) is 0 Å². The van der Waals surface area contributed by atoms with E-state index in [0.717, 1.165) is 122 Å². The molecule has 6 heteroatoms. The van der Waals surface area contributed by atoms with Gasteiger partial charge in [-0.1, -0.05) is 234 Å². The highest BCUT2D eigenvalue weighted by Crippen LogP contribution is 2.15. The Morgan fingerprint density at radius 3 is 0.910 bits per heavy atom. The number of unbranched alkanes of at least 4 members (excludes halogenated alkanes) is 22. The van der Waals surface area contributed by atoms with Gasteiger partial charge in [0.15, 0.2) is 6.10 Å². The van der Waals surface area contributed by atoms with E-state index in [4.69, 9.17) is 14.2 Å². The minimum Gasteiger partial charge on any atom is -0.462 e. The van der Waals surface area contributed by atoms with Crippen molar-refractivity contribution in [3.8, 4) is 0 Å². The van der Waals surface area contributed by atoms with Crippen molar-refractivity contribution >= 4 is 17.9 Å². The van der Waals surface area contributed by atoms with Crippen LogP contribution in [0.1, 0.15) is 252 Å². The van der Waals surface area contributed by atoms with Gasteiger partial charge in [-0.3, -0.25) is 14.4 Å². The minimum atomic E-state index is -0.785. The van der Waals surface area contributed by atoms with Crippen LogP contribution < -0.4 is 0 Å². The van der Waals surface area contributed by atoms with E-state index in [1.165, 1.54) is 89.9 Å². The van der Waals surface area contributed by atoms with Crippen LogP contribution in [0.15, 0.2) is 97.2 Å². The molecule has 1 atom stereocenters. The van der Waals surface area contributed by atoms with Gasteiger partial charge in [0.05, 0.1) is 0 Å². The molecular weight excluding hydrogens is 829 g/mol. The first-order chi connectivity index (χ1) is 33.0. The first-order valence-corrected chi connectivity index (χ1v) is 27.7. The molecule has 0 aromatic carbocycles. The summed E-state index contributed by atoms with van der Waals surface area (Å²) in [7, 11) is 0. The largest absolute Gasteiger partial charge is 0.462 e. The third-order valence-electron chi connectivity index (χ3n) is 11.6. The Morgan fingerprint density at radius 2 is 0.582 bits per heavy atom. The Labute approximate surface area is 413 Å². The molecule has 0 aliphatic carbocycles. The number of carbonyl (C=O) groups excluding carboxylic acids is 3. The number of allylic oxidation sites excluding steroid dienone is 16. The van der Waals surface area contributed by atoms with Crippen LogP contribution in [0, 0.1) is 0 Å². The fourth-order valence-corrected chi connectivity index (χ4v) is 7.48. The monoisotopic (exact) mass is 931 g/mol. The normalized spacial score (nSPS) is 12.8. The second kappa shape index (κ2) is 54.9. The first kappa shape index (κ1) is 63.3. The zero-order chi connectivity index (χ0) is 48.6. The lowest BCUT2D eigenvalue weighted by Crippen LogP contribution is -2.30. The van der Waals surface area contributed by atoms with Crippen molar-refractivity contribution in [2.45, 2.75) is 258 Å². The summed E-state index contributed by atoms with van der Waals surface area (Å²) in [6.45, 7) is 6.36. The van der Waals surface area contributed by atoms with E-state index in [1.807, 2.05) is 0 Å². The number of hydrogen-bond donors (Lipinski definition) is 0. The van der Waals surface area contributed by atoms with Gasteiger partial charge < -0.3 is 14.2 Å². The summed E-state index contributed by atoms with van der Waals surface area (Å²) >= 11 is 0. The van der Waals surface area contributed by atoms with Crippen LogP contribution in [0.5, 0.6) is 0 Å². The van der Waals surface area contributed by atoms with Gasteiger partial charge in [0.25, 0.3) is 0 Å². The van der Waals surface area contributed by atoms with Crippen LogP contribution >= 0.6 is 0 Å². The second-order valence-electron chi connectivity index (χ2n) is 18.1. The van der Waals surface area contributed by atoms with Gasteiger partial charge in [0.2, 0.25) is 0 Å². The molecule has 0 heterocycles. The molecule has 6 nitrogen and oxygen atoms in total. The molecule has 67 heavy (non-hydrogen) atoms. The van der Waals surface area contributed by atoms with Crippen molar-refractivity contribution in [3.05, 3.63) is 97.2 Å². The van der Waals surface area contributed by atoms with E-state index >= 15 is 0 Å². The van der Waals surface area contributed by atoms with Crippen molar-refractivity contribution in [2.75, 3.05) is 13.2 Å². The smallest absolute Gasteiger partial charge is 0.306 e. The first-order valence-electron chi connectivity index (χ1n) is 27.7. The van der Waals surface area contributed by atoms with Crippen LogP contribution in [0.25, 0.3) is 0 Å². The summed E-state index contributed by atoms with van der Waals surface area (Å²) in [6, 6.07) is 0.